The zero-order chi connectivity index (χ0) is 12.7. The lowest BCUT2D eigenvalue weighted by atomic mass is 10.4. The molecule has 0 aliphatic rings. The Balaban J connectivity index is 2.10. The first-order valence-corrected chi connectivity index (χ1v) is 5.73. The zero-order valence-electron chi connectivity index (χ0n) is 9.52. The van der Waals surface area contributed by atoms with Crippen molar-refractivity contribution in [2.24, 2.45) is 0 Å². The van der Waals surface area contributed by atoms with E-state index in [9.17, 15) is 9.59 Å². The summed E-state index contributed by atoms with van der Waals surface area (Å²) in [7, 11) is 0. The van der Waals surface area contributed by atoms with Gasteiger partial charge in [-0.05, 0) is 19.4 Å². The molecule has 0 aliphatic carbocycles. The van der Waals surface area contributed by atoms with Crippen molar-refractivity contribution in [1.82, 2.24) is 20.4 Å². The van der Waals surface area contributed by atoms with Crippen molar-refractivity contribution in [3.8, 4) is 0 Å². The minimum atomic E-state index is -0.718. The summed E-state index contributed by atoms with van der Waals surface area (Å²) in [5.74, 6) is -0.503. The molecule has 7 heteroatoms. The monoisotopic (exact) mass is 258 g/mol. The molecule has 0 fully saturated rings. The van der Waals surface area contributed by atoms with E-state index in [1.807, 2.05) is 12.3 Å². The third-order valence-electron chi connectivity index (χ3n) is 2.01. The molecule has 1 unspecified atom stereocenters. The number of aromatic nitrogens is 2. The standard InChI is InChI=1S/C10H15ClN4O2/c1-8(11)9(16)14-10(17)12-4-2-6-15-7-3-5-13-15/h3,5,7-8H,2,4,6H2,1H3,(H2,12,14,16,17). The van der Waals surface area contributed by atoms with Crippen molar-refractivity contribution in [2.45, 2.75) is 25.3 Å². The van der Waals surface area contributed by atoms with Crippen molar-refractivity contribution >= 4 is 23.5 Å². The lowest BCUT2D eigenvalue weighted by Crippen LogP contribution is -2.42. The molecule has 0 radical (unpaired) electrons. The lowest BCUT2D eigenvalue weighted by molar-refractivity contribution is -0.119. The molecule has 1 heterocycles. The highest BCUT2D eigenvalue weighted by atomic mass is 35.5. The highest BCUT2D eigenvalue weighted by molar-refractivity contribution is 6.31. The first kappa shape index (κ1) is 13.5. The number of nitrogens with zero attached hydrogens (tertiary/aromatic N) is 2. The van der Waals surface area contributed by atoms with Crippen LogP contribution < -0.4 is 10.6 Å². The van der Waals surface area contributed by atoms with E-state index in [-0.39, 0.29) is 0 Å². The topological polar surface area (TPSA) is 76.0 Å². The number of amides is 3. The van der Waals surface area contributed by atoms with Gasteiger partial charge in [-0.2, -0.15) is 5.10 Å². The number of hydrogen-bond acceptors (Lipinski definition) is 3. The molecule has 0 spiro atoms. The van der Waals surface area contributed by atoms with Gasteiger partial charge >= 0.3 is 6.03 Å². The molecule has 1 atom stereocenters. The third-order valence-corrected chi connectivity index (χ3v) is 2.20. The predicted molar refractivity (Wildman–Crippen MR) is 63.7 cm³/mol. The summed E-state index contributed by atoms with van der Waals surface area (Å²) in [5.41, 5.74) is 0. The quantitative estimate of drug-likeness (QED) is 0.604. The summed E-state index contributed by atoms with van der Waals surface area (Å²) < 4.78 is 1.77. The van der Waals surface area contributed by atoms with E-state index in [0.717, 1.165) is 6.42 Å². The van der Waals surface area contributed by atoms with Crippen LogP contribution in [0.2, 0.25) is 0 Å². The first-order chi connectivity index (χ1) is 8.09. The summed E-state index contributed by atoms with van der Waals surface area (Å²) in [6.45, 7) is 2.69. The fraction of sp³-hybridized carbons (Fsp3) is 0.500. The Morgan fingerprint density at radius 1 is 1.53 bits per heavy atom. The van der Waals surface area contributed by atoms with Crippen LogP contribution in [0, 0.1) is 0 Å². The summed E-state index contributed by atoms with van der Waals surface area (Å²) in [4.78, 5) is 22.2. The molecule has 1 aromatic rings. The van der Waals surface area contributed by atoms with E-state index in [1.54, 1.807) is 10.9 Å². The minimum Gasteiger partial charge on any atom is -0.338 e. The van der Waals surface area contributed by atoms with Gasteiger partial charge in [0.2, 0.25) is 5.91 Å². The number of carbonyl (C=O) groups is 2. The molecule has 94 valence electrons. The Morgan fingerprint density at radius 3 is 2.88 bits per heavy atom. The number of nitrogens with one attached hydrogen (secondary N) is 2. The maximum absolute atomic E-state index is 11.2. The Hall–Kier alpha value is -1.56. The smallest absolute Gasteiger partial charge is 0.321 e. The first-order valence-electron chi connectivity index (χ1n) is 5.30. The van der Waals surface area contributed by atoms with Crippen LogP contribution >= 0.6 is 11.6 Å². The van der Waals surface area contributed by atoms with E-state index >= 15 is 0 Å². The molecule has 3 amide bonds. The Labute approximate surface area is 104 Å². The third kappa shape index (κ3) is 5.35. The minimum absolute atomic E-state index is 0.468. The van der Waals surface area contributed by atoms with E-state index in [4.69, 9.17) is 11.6 Å². The molecule has 6 nitrogen and oxygen atoms in total. The number of alkyl halides is 1. The molecule has 0 aliphatic heterocycles. The maximum atomic E-state index is 11.2. The van der Waals surface area contributed by atoms with Crippen molar-refractivity contribution < 1.29 is 9.59 Å². The number of rotatable bonds is 5. The van der Waals surface area contributed by atoms with Crippen LogP contribution in [-0.4, -0.2) is 33.6 Å². The van der Waals surface area contributed by atoms with Gasteiger partial charge in [0, 0.05) is 25.5 Å². The van der Waals surface area contributed by atoms with E-state index < -0.39 is 17.3 Å². The SMILES string of the molecule is CC(Cl)C(=O)NC(=O)NCCCn1cccn1. The van der Waals surface area contributed by atoms with E-state index in [1.165, 1.54) is 6.92 Å². The highest BCUT2D eigenvalue weighted by Gasteiger charge is 2.11. The Kier molecular flexibility index (Phi) is 5.48. The Bertz CT molecular complexity index is 364. The molecule has 1 rings (SSSR count). The second kappa shape index (κ2) is 6.90. The number of aryl methyl sites for hydroxylation is 1. The van der Waals surface area contributed by atoms with Gasteiger partial charge in [-0.1, -0.05) is 0 Å². The second-order valence-corrected chi connectivity index (χ2v) is 4.14. The van der Waals surface area contributed by atoms with Crippen LogP contribution in [-0.2, 0) is 11.3 Å². The molecule has 1 aromatic heterocycles. The fourth-order valence-electron chi connectivity index (χ4n) is 1.13. The van der Waals surface area contributed by atoms with Crippen molar-refractivity contribution in [3.05, 3.63) is 18.5 Å². The van der Waals surface area contributed by atoms with Crippen LogP contribution in [0.5, 0.6) is 0 Å². The fourth-order valence-corrected chi connectivity index (χ4v) is 1.19. The van der Waals surface area contributed by atoms with Crippen LogP contribution in [0.4, 0.5) is 4.79 Å². The maximum Gasteiger partial charge on any atom is 0.321 e. The average molecular weight is 259 g/mol. The van der Waals surface area contributed by atoms with Gasteiger partial charge in [-0.15, -0.1) is 11.6 Å². The Morgan fingerprint density at radius 2 is 2.29 bits per heavy atom. The molecule has 0 aromatic carbocycles. The van der Waals surface area contributed by atoms with Gasteiger partial charge in [0.1, 0.15) is 5.38 Å². The van der Waals surface area contributed by atoms with Crippen LogP contribution in [0.3, 0.4) is 0 Å². The number of hydrogen-bond donors (Lipinski definition) is 2. The van der Waals surface area contributed by atoms with Gasteiger partial charge in [0.05, 0.1) is 0 Å². The van der Waals surface area contributed by atoms with Crippen LogP contribution in [0.15, 0.2) is 18.5 Å². The number of halogens is 1. The highest BCUT2D eigenvalue weighted by Crippen LogP contribution is 1.92. The molecule has 2 N–H and O–H groups in total. The second-order valence-electron chi connectivity index (χ2n) is 3.48. The number of imide groups is 1. The van der Waals surface area contributed by atoms with Gasteiger partial charge < -0.3 is 5.32 Å². The van der Waals surface area contributed by atoms with E-state index in [0.29, 0.717) is 13.1 Å². The van der Waals surface area contributed by atoms with Gasteiger partial charge in [0.15, 0.2) is 0 Å². The molecular weight excluding hydrogens is 244 g/mol. The molecule has 0 saturated heterocycles. The van der Waals surface area contributed by atoms with Crippen molar-refractivity contribution in [3.63, 3.8) is 0 Å². The normalized spacial score (nSPS) is 11.9. The summed E-state index contributed by atoms with van der Waals surface area (Å²) in [6, 6.07) is 1.31. The van der Waals surface area contributed by atoms with Gasteiger partial charge in [-0.25, -0.2) is 4.79 Å². The molecule has 0 bridgehead atoms. The number of urea groups is 1. The molecule has 0 saturated carbocycles. The van der Waals surface area contributed by atoms with E-state index in [2.05, 4.69) is 15.7 Å². The largest absolute Gasteiger partial charge is 0.338 e. The summed E-state index contributed by atoms with van der Waals surface area (Å²) in [5, 5.41) is 7.99. The average Bonchev–Trinajstić information content (AvgIpc) is 2.77. The van der Waals surface area contributed by atoms with Crippen LogP contribution in [0.1, 0.15) is 13.3 Å². The van der Waals surface area contributed by atoms with Crippen molar-refractivity contribution in [2.75, 3.05) is 6.54 Å². The van der Waals surface area contributed by atoms with Gasteiger partial charge in [-0.3, -0.25) is 14.8 Å². The predicted octanol–water partition coefficient (Wildman–Crippen LogP) is 0.726. The molecular formula is C10H15ClN4O2. The number of carbonyl (C=O) groups excluding carboxylic acids is 2. The lowest BCUT2D eigenvalue weighted by Gasteiger charge is -2.07. The van der Waals surface area contributed by atoms with Crippen LogP contribution in [0.25, 0.3) is 0 Å². The van der Waals surface area contributed by atoms with Crippen molar-refractivity contribution in [1.29, 1.82) is 0 Å². The summed E-state index contributed by atoms with van der Waals surface area (Å²) in [6.07, 6.45) is 4.28. The molecule has 17 heavy (non-hydrogen) atoms. The zero-order valence-corrected chi connectivity index (χ0v) is 10.3. The van der Waals surface area contributed by atoms with Gasteiger partial charge in [0.25, 0.3) is 0 Å². The summed E-state index contributed by atoms with van der Waals surface area (Å²) >= 11 is 5.50.